The molecule has 1 aliphatic heterocycles. The third kappa shape index (κ3) is 4.95. The molecule has 0 atom stereocenters. The van der Waals surface area contributed by atoms with Crippen molar-refractivity contribution in [1.82, 2.24) is 20.2 Å². The van der Waals surface area contributed by atoms with Crippen molar-refractivity contribution in [2.24, 2.45) is 0 Å². The lowest BCUT2D eigenvalue weighted by Crippen LogP contribution is -2.46. The smallest absolute Gasteiger partial charge is 0.270 e. The number of nitrogens with one attached hydrogen (secondary N) is 2. The SMILES string of the molecule is C=C/C(=C\C=C/C)Cc1cc(C(=O)N2CCNCC2)[nH]c1-c1nc(C(C)C)co1. The van der Waals surface area contributed by atoms with Crippen molar-refractivity contribution in [3.05, 3.63) is 65.7 Å². The fourth-order valence-electron chi connectivity index (χ4n) is 3.29. The quantitative estimate of drug-likeness (QED) is 0.694. The Morgan fingerprint density at radius 1 is 1.38 bits per heavy atom. The maximum atomic E-state index is 13.0. The summed E-state index contributed by atoms with van der Waals surface area (Å²) in [5, 5.41) is 3.28. The first-order valence-corrected chi connectivity index (χ1v) is 10.2. The van der Waals surface area contributed by atoms with Crippen molar-refractivity contribution in [2.45, 2.75) is 33.1 Å². The standard InChI is InChI=1S/C23H30N4O2/c1-5-7-8-17(6-2)13-18-14-19(23(28)27-11-9-24-10-12-27)25-21(18)22-26-20(15-29-22)16(3)4/h5-8,14-16,24-25H,2,9-13H2,1,3-4H3/b7-5-,17-8+. The molecule has 1 saturated heterocycles. The van der Waals surface area contributed by atoms with E-state index in [0.29, 0.717) is 31.1 Å². The Bertz CT molecular complexity index is 911. The van der Waals surface area contributed by atoms with Crippen molar-refractivity contribution in [3.8, 4) is 11.6 Å². The molecule has 6 heteroatoms. The maximum absolute atomic E-state index is 13.0. The van der Waals surface area contributed by atoms with Gasteiger partial charge in [0.25, 0.3) is 5.91 Å². The molecule has 3 heterocycles. The first-order valence-electron chi connectivity index (χ1n) is 10.2. The van der Waals surface area contributed by atoms with E-state index in [1.54, 1.807) is 6.26 Å². The number of aromatic amines is 1. The van der Waals surface area contributed by atoms with Gasteiger partial charge in [-0.25, -0.2) is 4.98 Å². The van der Waals surface area contributed by atoms with E-state index in [1.165, 1.54) is 0 Å². The molecule has 0 radical (unpaired) electrons. The van der Waals surface area contributed by atoms with E-state index >= 15 is 0 Å². The van der Waals surface area contributed by atoms with Crippen LogP contribution in [0.3, 0.4) is 0 Å². The van der Waals surface area contributed by atoms with Crippen LogP contribution < -0.4 is 5.32 Å². The van der Waals surface area contributed by atoms with Crippen molar-refractivity contribution in [3.63, 3.8) is 0 Å². The molecular formula is C23H30N4O2. The van der Waals surface area contributed by atoms with Gasteiger partial charge >= 0.3 is 0 Å². The fraction of sp³-hybridized carbons (Fsp3) is 0.391. The lowest BCUT2D eigenvalue weighted by molar-refractivity contribution is 0.0730. The Labute approximate surface area is 172 Å². The monoisotopic (exact) mass is 394 g/mol. The van der Waals surface area contributed by atoms with Gasteiger partial charge in [-0.05, 0) is 36.5 Å². The summed E-state index contributed by atoms with van der Waals surface area (Å²) in [6, 6.07) is 1.92. The molecule has 0 aliphatic carbocycles. The van der Waals surface area contributed by atoms with E-state index in [-0.39, 0.29) is 11.8 Å². The highest BCUT2D eigenvalue weighted by Crippen LogP contribution is 2.28. The molecule has 29 heavy (non-hydrogen) atoms. The summed E-state index contributed by atoms with van der Waals surface area (Å²) in [5.74, 6) is 0.788. The van der Waals surface area contributed by atoms with Crippen LogP contribution in [0.4, 0.5) is 0 Å². The van der Waals surface area contributed by atoms with E-state index in [4.69, 9.17) is 4.42 Å². The lowest BCUT2D eigenvalue weighted by Gasteiger charge is -2.26. The summed E-state index contributed by atoms with van der Waals surface area (Å²) in [5.41, 5.74) is 4.24. The number of hydrogen-bond acceptors (Lipinski definition) is 4. The van der Waals surface area contributed by atoms with Gasteiger partial charge in [0.05, 0.1) is 5.69 Å². The Balaban J connectivity index is 1.97. The summed E-state index contributed by atoms with van der Waals surface area (Å²) in [6.07, 6.45) is 10.1. The van der Waals surface area contributed by atoms with Crippen LogP contribution in [0.1, 0.15) is 48.4 Å². The third-order valence-electron chi connectivity index (χ3n) is 5.02. The van der Waals surface area contributed by atoms with Gasteiger partial charge in [0.2, 0.25) is 5.89 Å². The molecule has 0 aromatic carbocycles. The highest BCUT2D eigenvalue weighted by Gasteiger charge is 2.23. The minimum Gasteiger partial charge on any atom is -0.443 e. The van der Waals surface area contributed by atoms with Crippen LogP contribution >= 0.6 is 0 Å². The number of carbonyl (C=O) groups excluding carboxylic acids is 1. The molecule has 0 saturated carbocycles. The Morgan fingerprint density at radius 3 is 2.76 bits per heavy atom. The van der Waals surface area contributed by atoms with Gasteiger partial charge in [-0.15, -0.1) is 0 Å². The minimum absolute atomic E-state index is 0.00669. The summed E-state index contributed by atoms with van der Waals surface area (Å²) in [7, 11) is 0. The summed E-state index contributed by atoms with van der Waals surface area (Å²) < 4.78 is 5.75. The fourth-order valence-corrected chi connectivity index (χ4v) is 3.29. The van der Waals surface area contributed by atoms with Gasteiger partial charge in [-0.2, -0.15) is 0 Å². The van der Waals surface area contributed by atoms with Gasteiger partial charge in [0.1, 0.15) is 17.7 Å². The second-order valence-electron chi connectivity index (χ2n) is 7.51. The van der Waals surface area contributed by atoms with Crippen molar-refractivity contribution in [2.75, 3.05) is 26.2 Å². The molecule has 2 aromatic rings. The van der Waals surface area contributed by atoms with Crippen LogP contribution in [-0.4, -0.2) is 47.0 Å². The summed E-state index contributed by atoms with van der Waals surface area (Å²) in [6.45, 7) is 13.1. The predicted octanol–water partition coefficient (Wildman–Crippen LogP) is 4.07. The van der Waals surface area contributed by atoms with Crippen LogP contribution in [0.5, 0.6) is 0 Å². The summed E-state index contributed by atoms with van der Waals surface area (Å²) in [4.78, 5) is 22.8. The van der Waals surface area contributed by atoms with E-state index in [1.807, 2.05) is 42.2 Å². The van der Waals surface area contributed by atoms with Crippen LogP contribution in [-0.2, 0) is 6.42 Å². The average Bonchev–Trinajstić information content (AvgIpc) is 3.38. The second kappa shape index (κ2) is 9.56. The van der Waals surface area contributed by atoms with Crippen LogP contribution in [0, 0.1) is 0 Å². The predicted molar refractivity (Wildman–Crippen MR) is 116 cm³/mol. The zero-order valence-electron chi connectivity index (χ0n) is 17.5. The lowest BCUT2D eigenvalue weighted by atomic mass is 10.0. The largest absolute Gasteiger partial charge is 0.443 e. The number of nitrogens with zero attached hydrogens (tertiary/aromatic N) is 2. The second-order valence-corrected chi connectivity index (χ2v) is 7.51. The molecule has 1 fully saturated rings. The molecule has 6 nitrogen and oxygen atoms in total. The molecule has 2 aromatic heterocycles. The topological polar surface area (TPSA) is 74.2 Å². The van der Waals surface area contributed by atoms with Gasteiger partial charge in [0, 0.05) is 26.2 Å². The first-order chi connectivity index (χ1) is 14.0. The highest BCUT2D eigenvalue weighted by atomic mass is 16.3. The molecule has 0 unspecified atom stereocenters. The molecule has 3 rings (SSSR count). The number of aromatic nitrogens is 2. The Kier molecular flexibility index (Phi) is 6.88. The van der Waals surface area contributed by atoms with E-state index in [2.05, 4.69) is 35.7 Å². The van der Waals surface area contributed by atoms with Gasteiger partial charge in [-0.1, -0.05) is 44.7 Å². The zero-order chi connectivity index (χ0) is 20.8. The third-order valence-corrected chi connectivity index (χ3v) is 5.02. The number of amides is 1. The molecule has 0 spiro atoms. The van der Waals surface area contributed by atoms with Crippen LogP contribution in [0.25, 0.3) is 11.6 Å². The van der Waals surface area contributed by atoms with E-state index in [9.17, 15) is 4.79 Å². The Hall–Kier alpha value is -2.86. The van der Waals surface area contributed by atoms with Gasteiger partial charge in [-0.3, -0.25) is 4.79 Å². The number of hydrogen-bond donors (Lipinski definition) is 2. The number of carbonyl (C=O) groups is 1. The van der Waals surface area contributed by atoms with Crippen LogP contribution in [0.15, 0.2) is 53.2 Å². The first kappa shape index (κ1) is 20.9. The van der Waals surface area contributed by atoms with Crippen molar-refractivity contribution in [1.29, 1.82) is 0 Å². The number of piperazine rings is 1. The van der Waals surface area contributed by atoms with Gasteiger partial charge in [0.15, 0.2) is 0 Å². The van der Waals surface area contributed by atoms with Crippen molar-refractivity contribution >= 4 is 5.91 Å². The highest BCUT2D eigenvalue weighted by molar-refractivity contribution is 5.94. The molecule has 0 bridgehead atoms. The average molecular weight is 395 g/mol. The van der Waals surface area contributed by atoms with Gasteiger partial charge < -0.3 is 19.6 Å². The van der Waals surface area contributed by atoms with Crippen LogP contribution in [0.2, 0.25) is 0 Å². The number of allylic oxidation sites excluding steroid dienone is 5. The molecule has 154 valence electrons. The van der Waals surface area contributed by atoms with Crippen molar-refractivity contribution < 1.29 is 9.21 Å². The number of rotatable bonds is 7. The molecular weight excluding hydrogens is 364 g/mol. The number of oxazole rings is 1. The maximum Gasteiger partial charge on any atom is 0.270 e. The minimum atomic E-state index is 0.00669. The molecule has 2 N–H and O–H groups in total. The number of H-pyrrole nitrogens is 1. The summed E-state index contributed by atoms with van der Waals surface area (Å²) >= 11 is 0. The zero-order valence-corrected chi connectivity index (χ0v) is 17.5. The normalized spacial score (nSPS) is 15.4. The Morgan fingerprint density at radius 2 is 2.14 bits per heavy atom. The molecule has 1 amide bonds. The van der Waals surface area contributed by atoms with E-state index in [0.717, 1.165) is 35.6 Å². The van der Waals surface area contributed by atoms with E-state index < -0.39 is 0 Å². The molecule has 1 aliphatic rings.